The summed E-state index contributed by atoms with van der Waals surface area (Å²) in [4.78, 5) is 16.8. The van der Waals surface area contributed by atoms with Crippen LogP contribution in [0.3, 0.4) is 0 Å². The van der Waals surface area contributed by atoms with Gasteiger partial charge in [0, 0.05) is 13.1 Å². The Kier molecular flexibility index (Phi) is 6.87. The quantitative estimate of drug-likeness (QED) is 0.836. The van der Waals surface area contributed by atoms with E-state index in [1.165, 1.54) is 18.4 Å². The molecule has 4 heteroatoms. The van der Waals surface area contributed by atoms with Crippen molar-refractivity contribution in [3.63, 3.8) is 0 Å². The molecule has 2 rings (SSSR count). The SMILES string of the molecule is CCN(Cc1ccccc1)C(=O)CN1CCC(CNC)CC1. The van der Waals surface area contributed by atoms with Crippen molar-refractivity contribution in [3.05, 3.63) is 35.9 Å². The van der Waals surface area contributed by atoms with Gasteiger partial charge in [0.1, 0.15) is 0 Å². The minimum atomic E-state index is 0.249. The second-order valence-corrected chi connectivity index (χ2v) is 6.17. The zero-order valence-corrected chi connectivity index (χ0v) is 13.9. The Bertz CT molecular complexity index is 441. The fourth-order valence-electron chi connectivity index (χ4n) is 3.11. The van der Waals surface area contributed by atoms with Gasteiger partial charge in [-0.15, -0.1) is 0 Å². The molecular weight excluding hydrogens is 274 g/mol. The van der Waals surface area contributed by atoms with E-state index in [1.54, 1.807) is 0 Å². The summed E-state index contributed by atoms with van der Waals surface area (Å²) in [6.07, 6.45) is 2.39. The molecule has 22 heavy (non-hydrogen) atoms. The number of likely N-dealkylation sites (tertiary alicyclic amines) is 1. The number of rotatable bonds is 7. The topological polar surface area (TPSA) is 35.6 Å². The summed E-state index contributed by atoms with van der Waals surface area (Å²) in [5.41, 5.74) is 1.20. The van der Waals surface area contributed by atoms with E-state index in [2.05, 4.69) is 29.3 Å². The highest BCUT2D eigenvalue weighted by molar-refractivity contribution is 5.78. The van der Waals surface area contributed by atoms with Crippen molar-refractivity contribution >= 4 is 5.91 Å². The molecule has 4 nitrogen and oxygen atoms in total. The van der Waals surface area contributed by atoms with Crippen molar-refractivity contribution in [2.45, 2.75) is 26.3 Å². The van der Waals surface area contributed by atoms with Gasteiger partial charge in [-0.3, -0.25) is 9.69 Å². The summed E-state index contributed by atoms with van der Waals surface area (Å²) in [7, 11) is 2.01. The van der Waals surface area contributed by atoms with Gasteiger partial charge in [0.15, 0.2) is 0 Å². The molecule has 1 fully saturated rings. The lowest BCUT2D eigenvalue weighted by Crippen LogP contribution is -2.44. The van der Waals surface area contributed by atoms with Gasteiger partial charge in [-0.2, -0.15) is 0 Å². The number of carbonyl (C=O) groups excluding carboxylic acids is 1. The Hall–Kier alpha value is -1.39. The summed E-state index contributed by atoms with van der Waals surface area (Å²) >= 11 is 0. The number of carbonyl (C=O) groups is 1. The zero-order chi connectivity index (χ0) is 15.8. The number of benzene rings is 1. The number of hydrogen-bond donors (Lipinski definition) is 1. The Balaban J connectivity index is 1.80. The highest BCUT2D eigenvalue weighted by Crippen LogP contribution is 2.16. The van der Waals surface area contributed by atoms with Gasteiger partial charge in [0.05, 0.1) is 6.54 Å². The minimum Gasteiger partial charge on any atom is -0.338 e. The van der Waals surface area contributed by atoms with Crippen molar-refractivity contribution < 1.29 is 4.79 Å². The fourth-order valence-corrected chi connectivity index (χ4v) is 3.11. The van der Waals surface area contributed by atoms with Crippen LogP contribution in [0.5, 0.6) is 0 Å². The van der Waals surface area contributed by atoms with E-state index < -0.39 is 0 Å². The molecule has 0 radical (unpaired) electrons. The van der Waals surface area contributed by atoms with E-state index in [9.17, 15) is 4.79 Å². The lowest BCUT2D eigenvalue weighted by atomic mass is 9.97. The maximum atomic E-state index is 12.5. The molecule has 1 saturated heterocycles. The van der Waals surface area contributed by atoms with Crippen molar-refractivity contribution in [2.24, 2.45) is 5.92 Å². The molecule has 0 unspecified atom stereocenters. The van der Waals surface area contributed by atoms with Crippen LogP contribution in [0.25, 0.3) is 0 Å². The number of likely N-dealkylation sites (N-methyl/N-ethyl adjacent to an activating group) is 1. The van der Waals surface area contributed by atoms with Crippen molar-refractivity contribution in [1.82, 2.24) is 15.1 Å². The first-order valence-corrected chi connectivity index (χ1v) is 8.41. The standard InChI is InChI=1S/C18H29N3O/c1-3-21(14-17-7-5-4-6-8-17)18(22)15-20-11-9-16(10-12-20)13-19-2/h4-8,16,19H,3,9-15H2,1-2H3. The molecule has 122 valence electrons. The Morgan fingerprint density at radius 1 is 1.27 bits per heavy atom. The molecule has 1 aromatic rings. The molecule has 0 atom stereocenters. The predicted molar refractivity (Wildman–Crippen MR) is 90.6 cm³/mol. The van der Waals surface area contributed by atoms with E-state index in [1.807, 2.05) is 30.1 Å². The van der Waals surface area contributed by atoms with Crippen LogP contribution >= 0.6 is 0 Å². The molecule has 1 amide bonds. The lowest BCUT2D eigenvalue weighted by molar-refractivity contribution is -0.133. The van der Waals surface area contributed by atoms with Crippen LogP contribution < -0.4 is 5.32 Å². The van der Waals surface area contributed by atoms with Crippen molar-refractivity contribution in [3.8, 4) is 0 Å². The number of hydrogen-bond acceptors (Lipinski definition) is 3. The maximum Gasteiger partial charge on any atom is 0.237 e. The van der Waals surface area contributed by atoms with Gasteiger partial charge in [0.25, 0.3) is 0 Å². The first kappa shape index (κ1) is 17.0. The highest BCUT2D eigenvalue weighted by Gasteiger charge is 2.22. The number of nitrogens with zero attached hydrogens (tertiary/aromatic N) is 2. The van der Waals surface area contributed by atoms with Crippen LogP contribution in [0.2, 0.25) is 0 Å². The molecule has 1 heterocycles. The second kappa shape index (κ2) is 8.91. The molecule has 1 N–H and O–H groups in total. The largest absolute Gasteiger partial charge is 0.338 e. The van der Waals surface area contributed by atoms with E-state index in [-0.39, 0.29) is 5.91 Å². The molecule has 0 aliphatic carbocycles. The van der Waals surface area contributed by atoms with E-state index in [4.69, 9.17) is 0 Å². The Morgan fingerprint density at radius 3 is 2.55 bits per heavy atom. The molecule has 1 aliphatic heterocycles. The summed E-state index contributed by atoms with van der Waals surface area (Å²) in [6.45, 7) is 7.28. The van der Waals surface area contributed by atoms with Crippen LogP contribution in [0.15, 0.2) is 30.3 Å². The van der Waals surface area contributed by atoms with Crippen LogP contribution in [0.4, 0.5) is 0 Å². The predicted octanol–water partition coefficient (Wildman–Crippen LogP) is 1.97. The van der Waals surface area contributed by atoms with Crippen LogP contribution in [0.1, 0.15) is 25.3 Å². The summed E-state index contributed by atoms with van der Waals surface area (Å²) in [6, 6.07) is 10.2. The zero-order valence-electron chi connectivity index (χ0n) is 13.9. The average Bonchev–Trinajstić information content (AvgIpc) is 2.55. The van der Waals surface area contributed by atoms with Crippen LogP contribution in [-0.4, -0.2) is 55.5 Å². The highest BCUT2D eigenvalue weighted by atomic mass is 16.2. The molecule has 1 aromatic carbocycles. The average molecular weight is 303 g/mol. The third-order valence-electron chi connectivity index (χ3n) is 4.51. The van der Waals surface area contributed by atoms with Crippen LogP contribution in [0, 0.1) is 5.92 Å². The fraction of sp³-hybridized carbons (Fsp3) is 0.611. The first-order chi connectivity index (χ1) is 10.7. The summed E-state index contributed by atoms with van der Waals surface area (Å²) < 4.78 is 0. The first-order valence-electron chi connectivity index (χ1n) is 8.41. The third kappa shape index (κ3) is 5.11. The van der Waals surface area contributed by atoms with Gasteiger partial charge in [0.2, 0.25) is 5.91 Å². The minimum absolute atomic E-state index is 0.249. The van der Waals surface area contributed by atoms with E-state index in [0.717, 1.165) is 32.1 Å². The van der Waals surface area contributed by atoms with Gasteiger partial charge in [-0.05, 0) is 57.9 Å². The van der Waals surface area contributed by atoms with Gasteiger partial charge >= 0.3 is 0 Å². The number of amides is 1. The van der Waals surface area contributed by atoms with Gasteiger partial charge in [-0.25, -0.2) is 0 Å². The van der Waals surface area contributed by atoms with Crippen molar-refractivity contribution in [2.75, 3.05) is 39.8 Å². The van der Waals surface area contributed by atoms with E-state index >= 15 is 0 Å². The smallest absolute Gasteiger partial charge is 0.237 e. The normalized spacial score (nSPS) is 16.6. The van der Waals surface area contributed by atoms with Gasteiger partial charge in [-0.1, -0.05) is 30.3 Å². The molecule has 0 bridgehead atoms. The molecule has 0 aromatic heterocycles. The van der Waals surface area contributed by atoms with Crippen LogP contribution in [-0.2, 0) is 11.3 Å². The molecule has 0 saturated carbocycles. The molecular formula is C18H29N3O. The third-order valence-corrected chi connectivity index (χ3v) is 4.51. The van der Waals surface area contributed by atoms with Gasteiger partial charge < -0.3 is 10.2 Å². The Morgan fingerprint density at radius 2 is 1.95 bits per heavy atom. The van der Waals surface area contributed by atoms with Crippen molar-refractivity contribution in [1.29, 1.82) is 0 Å². The number of nitrogens with one attached hydrogen (secondary N) is 1. The molecule has 1 aliphatic rings. The van der Waals surface area contributed by atoms with E-state index in [0.29, 0.717) is 13.1 Å². The summed E-state index contributed by atoms with van der Waals surface area (Å²) in [5, 5.41) is 3.25. The second-order valence-electron chi connectivity index (χ2n) is 6.17. The lowest BCUT2D eigenvalue weighted by Gasteiger charge is -2.33. The summed E-state index contributed by atoms with van der Waals surface area (Å²) in [5.74, 6) is 1.02. The number of piperidine rings is 1. The monoisotopic (exact) mass is 303 g/mol. The molecule has 0 spiro atoms. The Labute approximate surface area is 134 Å². The maximum absolute atomic E-state index is 12.5.